The Labute approximate surface area is 103 Å². The summed E-state index contributed by atoms with van der Waals surface area (Å²) in [6.45, 7) is 3.88. The highest BCUT2D eigenvalue weighted by Gasteiger charge is 2.13. The zero-order valence-corrected chi connectivity index (χ0v) is 11.0. The summed E-state index contributed by atoms with van der Waals surface area (Å²) >= 11 is 9.15. The van der Waals surface area contributed by atoms with E-state index in [1.807, 2.05) is 19.9 Å². The van der Waals surface area contributed by atoms with Gasteiger partial charge in [0, 0.05) is 10.7 Å². The standard InChI is InChI=1S/C11H13BrClNO/c1-3-9(12)11(15)14-10-6-8(13)5-4-7(10)2/h4-6,9H,3H2,1-2H3,(H,14,15)/t9-/m0/s1. The minimum Gasteiger partial charge on any atom is -0.325 e. The molecule has 2 nitrogen and oxygen atoms in total. The van der Waals surface area contributed by atoms with Crippen LogP contribution in [0, 0.1) is 6.92 Å². The summed E-state index contributed by atoms with van der Waals surface area (Å²) in [7, 11) is 0. The van der Waals surface area contributed by atoms with Gasteiger partial charge in [0.2, 0.25) is 5.91 Å². The van der Waals surface area contributed by atoms with Gasteiger partial charge in [-0.25, -0.2) is 0 Å². The van der Waals surface area contributed by atoms with Crippen LogP contribution in [0.4, 0.5) is 5.69 Å². The van der Waals surface area contributed by atoms with Crippen molar-refractivity contribution in [3.63, 3.8) is 0 Å². The van der Waals surface area contributed by atoms with Crippen molar-refractivity contribution < 1.29 is 4.79 Å². The molecule has 0 spiro atoms. The zero-order chi connectivity index (χ0) is 11.4. The van der Waals surface area contributed by atoms with E-state index < -0.39 is 0 Å². The lowest BCUT2D eigenvalue weighted by Gasteiger charge is -2.11. The maximum atomic E-state index is 11.6. The molecule has 1 atom stereocenters. The van der Waals surface area contributed by atoms with E-state index in [0.717, 1.165) is 17.7 Å². The van der Waals surface area contributed by atoms with E-state index in [2.05, 4.69) is 21.2 Å². The first-order valence-electron chi connectivity index (χ1n) is 4.75. The summed E-state index contributed by atoms with van der Waals surface area (Å²) < 4.78 is 0. The van der Waals surface area contributed by atoms with Crippen LogP contribution < -0.4 is 5.32 Å². The summed E-state index contributed by atoms with van der Waals surface area (Å²) in [6.07, 6.45) is 0.755. The van der Waals surface area contributed by atoms with Gasteiger partial charge in [-0.1, -0.05) is 40.5 Å². The maximum absolute atomic E-state index is 11.6. The van der Waals surface area contributed by atoms with E-state index >= 15 is 0 Å². The van der Waals surface area contributed by atoms with Crippen LogP contribution in [0.15, 0.2) is 18.2 Å². The first kappa shape index (κ1) is 12.5. The molecule has 0 aliphatic rings. The average molecular weight is 291 g/mol. The number of rotatable bonds is 3. The molecule has 0 radical (unpaired) electrons. The molecule has 0 heterocycles. The van der Waals surface area contributed by atoms with Crippen LogP contribution in [0.3, 0.4) is 0 Å². The molecule has 1 aromatic carbocycles. The number of aryl methyl sites for hydroxylation is 1. The number of halogens is 2. The molecular weight excluding hydrogens is 277 g/mol. The van der Waals surface area contributed by atoms with Gasteiger partial charge >= 0.3 is 0 Å². The summed E-state index contributed by atoms with van der Waals surface area (Å²) in [5, 5.41) is 3.46. The Morgan fingerprint density at radius 1 is 1.60 bits per heavy atom. The molecule has 0 unspecified atom stereocenters. The molecule has 0 aromatic heterocycles. The molecule has 1 rings (SSSR count). The van der Waals surface area contributed by atoms with Gasteiger partial charge in [-0.15, -0.1) is 0 Å². The second-order valence-electron chi connectivity index (χ2n) is 3.32. The molecule has 82 valence electrons. The molecule has 0 fully saturated rings. The molecule has 1 N–H and O–H groups in total. The second-order valence-corrected chi connectivity index (χ2v) is 4.87. The summed E-state index contributed by atoms with van der Waals surface area (Å²) in [6, 6.07) is 5.44. The summed E-state index contributed by atoms with van der Waals surface area (Å²) in [5.74, 6) is -0.0390. The van der Waals surface area contributed by atoms with Crippen LogP contribution >= 0.6 is 27.5 Å². The van der Waals surface area contributed by atoms with Crippen LogP contribution in [0.5, 0.6) is 0 Å². The lowest BCUT2D eigenvalue weighted by molar-refractivity contribution is -0.115. The van der Waals surface area contributed by atoms with E-state index in [1.165, 1.54) is 0 Å². The van der Waals surface area contributed by atoms with Crippen molar-refractivity contribution in [3.05, 3.63) is 28.8 Å². The van der Waals surface area contributed by atoms with Crippen LogP contribution in [-0.2, 0) is 4.79 Å². The monoisotopic (exact) mass is 289 g/mol. The molecule has 0 saturated heterocycles. The van der Waals surface area contributed by atoms with Crippen molar-refractivity contribution in [2.75, 3.05) is 5.32 Å². The minimum atomic E-state index is -0.157. The summed E-state index contributed by atoms with van der Waals surface area (Å²) in [5.41, 5.74) is 1.77. The van der Waals surface area contributed by atoms with E-state index in [4.69, 9.17) is 11.6 Å². The van der Waals surface area contributed by atoms with Gasteiger partial charge in [-0.2, -0.15) is 0 Å². The highest BCUT2D eigenvalue weighted by Crippen LogP contribution is 2.21. The van der Waals surface area contributed by atoms with Gasteiger partial charge in [0.25, 0.3) is 0 Å². The lowest BCUT2D eigenvalue weighted by Crippen LogP contribution is -2.22. The maximum Gasteiger partial charge on any atom is 0.238 e. The lowest BCUT2D eigenvalue weighted by atomic mass is 10.2. The Bertz CT molecular complexity index is 368. The third kappa shape index (κ3) is 3.50. The van der Waals surface area contributed by atoms with E-state index in [-0.39, 0.29) is 10.7 Å². The molecular formula is C11H13BrClNO. The third-order valence-corrected chi connectivity index (χ3v) is 3.40. The SMILES string of the molecule is CC[C@H](Br)C(=O)Nc1cc(Cl)ccc1C. The average Bonchev–Trinajstić information content (AvgIpc) is 2.22. The Morgan fingerprint density at radius 2 is 2.27 bits per heavy atom. The quantitative estimate of drug-likeness (QED) is 0.844. The number of nitrogens with one attached hydrogen (secondary N) is 1. The number of benzene rings is 1. The largest absolute Gasteiger partial charge is 0.325 e. The third-order valence-electron chi connectivity index (χ3n) is 2.10. The van der Waals surface area contributed by atoms with Gasteiger partial charge in [0.15, 0.2) is 0 Å². The normalized spacial score (nSPS) is 12.3. The number of hydrogen-bond donors (Lipinski definition) is 1. The van der Waals surface area contributed by atoms with Gasteiger partial charge in [0.05, 0.1) is 4.83 Å². The van der Waals surface area contributed by atoms with Gasteiger partial charge in [-0.3, -0.25) is 4.79 Å². The number of alkyl halides is 1. The predicted octanol–water partition coefficient (Wildman–Crippen LogP) is 3.76. The van der Waals surface area contributed by atoms with Crippen LogP contribution in [0.25, 0.3) is 0 Å². The van der Waals surface area contributed by atoms with Gasteiger partial charge in [-0.05, 0) is 31.0 Å². The highest BCUT2D eigenvalue weighted by molar-refractivity contribution is 9.10. The molecule has 4 heteroatoms. The fraction of sp³-hybridized carbons (Fsp3) is 0.364. The molecule has 1 amide bonds. The first-order valence-corrected chi connectivity index (χ1v) is 6.05. The van der Waals surface area contributed by atoms with Crippen molar-refractivity contribution in [1.29, 1.82) is 0 Å². The molecule has 1 aromatic rings. The van der Waals surface area contributed by atoms with Gasteiger partial charge in [0.1, 0.15) is 0 Å². The number of amides is 1. The molecule has 15 heavy (non-hydrogen) atoms. The van der Waals surface area contributed by atoms with Crippen LogP contribution in [0.2, 0.25) is 5.02 Å². The molecule has 0 aliphatic carbocycles. The summed E-state index contributed by atoms with van der Waals surface area (Å²) in [4.78, 5) is 11.4. The highest BCUT2D eigenvalue weighted by atomic mass is 79.9. The molecule has 0 saturated carbocycles. The van der Waals surface area contributed by atoms with Crippen molar-refractivity contribution in [3.8, 4) is 0 Å². The van der Waals surface area contributed by atoms with E-state index in [9.17, 15) is 4.79 Å². The topological polar surface area (TPSA) is 29.1 Å². The first-order chi connectivity index (χ1) is 7.04. The number of carbonyl (C=O) groups is 1. The Kier molecular flexibility index (Phi) is 4.61. The van der Waals surface area contributed by atoms with Crippen LogP contribution in [-0.4, -0.2) is 10.7 Å². The zero-order valence-electron chi connectivity index (χ0n) is 8.68. The minimum absolute atomic E-state index is 0.0390. The van der Waals surface area contributed by atoms with E-state index in [0.29, 0.717) is 5.02 Å². The number of anilines is 1. The van der Waals surface area contributed by atoms with Crippen LogP contribution in [0.1, 0.15) is 18.9 Å². The molecule has 0 aliphatic heterocycles. The van der Waals surface area contributed by atoms with Gasteiger partial charge < -0.3 is 5.32 Å². The van der Waals surface area contributed by atoms with Crippen molar-refractivity contribution in [2.45, 2.75) is 25.1 Å². The second kappa shape index (κ2) is 5.52. The van der Waals surface area contributed by atoms with Crippen molar-refractivity contribution in [1.82, 2.24) is 0 Å². The Hall–Kier alpha value is -0.540. The number of hydrogen-bond acceptors (Lipinski definition) is 1. The number of carbonyl (C=O) groups excluding carboxylic acids is 1. The Balaban J connectivity index is 2.80. The fourth-order valence-electron chi connectivity index (χ4n) is 1.13. The smallest absolute Gasteiger partial charge is 0.238 e. The Morgan fingerprint density at radius 3 is 2.87 bits per heavy atom. The van der Waals surface area contributed by atoms with Crippen molar-refractivity contribution >= 4 is 39.1 Å². The van der Waals surface area contributed by atoms with Crippen molar-refractivity contribution in [2.24, 2.45) is 0 Å². The van der Waals surface area contributed by atoms with E-state index in [1.54, 1.807) is 12.1 Å². The molecule has 0 bridgehead atoms. The predicted molar refractivity (Wildman–Crippen MR) is 67.8 cm³/mol. The fourth-order valence-corrected chi connectivity index (χ4v) is 1.41.